The third kappa shape index (κ3) is 3.97. The SMILES string of the molecule is Cc1cccc(C)c1Nc1nc(Nc2ccc(F)cc2)nc2c1C(=O)CC(C)C2. The minimum atomic E-state index is -0.307. The second kappa shape index (κ2) is 7.62. The van der Waals surface area contributed by atoms with E-state index in [1.807, 2.05) is 32.0 Å². The number of hydrogen-bond acceptors (Lipinski definition) is 5. The molecule has 1 heterocycles. The van der Waals surface area contributed by atoms with Gasteiger partial charge >= 0.3 is 0 Å². The van der Waals surface area contributed by atoms with Gasteiger partial charge in [-0.15, -0.1) is 0 Å². The van der Waals surface area contributed by atoms with E-state index in [9.17, 15) is 9.18 Å². The maximum absolute atomic E-state index is 13.2. The predicted octanol–water partition coefficient (Wildman–Crippen LogP) is 5.48. The van der Waals surface area contributed by atoms with Crippen LogP contribution in [0, 0.1) is 25.6 Å². The fourth-order valence-electron chi connectivity index (χ4n) is 3.71. The molecule has 0 spiro atoms. The second-order valence-electron chi connectivity index (χ2n) is 7.68. The number of halogens is 1. The number of anilines is 4. The van der Waals surface area contributed by atoms with E-state index in [-0.39, 0.29) is 17.5 Å². The first kappa shape index (κ1) is 19.1. The lowest BCUT2D eigenvalue weighted by molar-refractivity contribution is 0.0952. The molecule has 29 heavy (non-hydrogen) atoms. The Labute approximate surface area is 169 Å². The minimum Gasteiger partial charge on any atom is -0.339 e. The topological polar surface area (TPSA) is 66.9 Å². The zero-order valence-corrected chi connectivity index (χ0v) is 16.7. The Bertz CT molecular complexity index is 1060. The lowest BCUT2D eigenvalue weighted by Crippen LogP contribution is -2.22. The summed E-state index contributed by atoms with van der Waals surface area (Å²) in [4.78, 5) is 22.0. The van der Waals surface area contributed by atoms with Crippen LogP contribution in [-0.2, 0) is 6.42 Å². The Morgan fingerprint density at radius 2 is 1.66 bits per heavy atom. The zero-order valence-electron chi connectivity index (χ0n) is 16.7. The lowest BCUT2D eigenvalue weighted by Gasteiger charge is -2.23. The fraction of sp³-hybridized carbons (Fsp3) is 0.261. The largest absolute Gasteiger partial charge is 0.339 e. The van der Waals surface area contributed by atoms with Gasteiger partial charge in [0.05, 0.1) is 11.3 Å². The van der Waals surface area contributed by atoms with Crippen molar-refractivity contribution in [2.45, 2.75) is 33.6 Å². The van der Waals surface area contributed by atoms with Crippen molar-refractivity contribution in [2.24, 2.45) is 5.92 Å². The van der Waals surface area contributed by atoms with Crippen molar-refractivity contribution in [3.63, 3.8) is 0 Å². The molecule has 0 amide bonds. The smallest absolute Gasteiger partial charge is 0.229 e. The van der Waals surface area contributed by atoms with Crippen LogP contribution in [0.5, 0.6) is 0 Å². The minimum absolute atomic E-state index is 0.0563. The fourth-order valence-corrected chi connectivity index (χ4v) is 3.71. The summed E-state index contributed by atoms with van der Waals surface area (Å²) in [6.07, 6.45) is 1.20. The van der Waals surface area contributed by atoms with Gasteiger partial charge in [0.1, 0.15) is 11.6 Å². The van der Waals surface area contributed by atoms with Crippen LogP contribution in [0.2, 0.25) is 0 Å². The van der Waals surface area contributed by atoms with E-state index < -0.39 is 0 Å². The van der Waals surface area contributed by atoms with E-state index in [0.29, 0.717) is 35.9 Å². The number of carbonyl (C=O) groups is 1. The molecule has 0 saturated carbocycles. The van der Waals surface area contributed by atoms with Crippen LogP contribution in [0.3, 0.4) is 0 Å². The monoisotopic (exact) mass is 390 g/mol. The van der Waals surface area contributed by atoms with Crippen LogP contribution in [0.15, 0.2) is 42.5 Å². The molecule has 1 aromatic heterocycles. The number of aryl methyl sites for hydroxylation is 2. The molecular weight excluding hydrogens is 367 g/mol. The number of nitrogens with one attached hydrogen (secondary N) is 2. The van der Waals surface area contributed by atoms with Crippen LogP contribution >= 0.6 is 0 Å². The van der Waals surface area contributed by atoms with Crippen LogP contribution in [-0.4, -0.2) is 15.8 Å². The van der Waals surface area contributed by atoms with Crippen molar-refractivity contribution >= 4 is 28.9 Å². The number of fused-ring (bicyclic) bond motifs is 1. The highest BCUT2D eigenvalue weighted by Crippen LogP contribution is 2.33. The molecule has 1 unspecified atom stereocenters. The number of hydrogen-bond donors (Lipinski definition) is 2. The van der Waals surface area contributed by atoms with Crippen molar-refractivity contribution in [3.8, 4) is 0 Å². The van der Waals surface area contributed by atoms with Gasteiger partial charge in [-0.1, -0.05) is 25.1 Å². The molecule has 1 atom stereocenters. The summed E-state index contributed by atoms with van der Waals surface area (Å²) in [5.41, 5.74) is 5.06. The predicted molar refractivity (Wildman–Crippen MR) is 113 cm³/mol. The van der Waals surface area contributed by atoms with Crippen LogP contribution in [0.25, 0.3) is 0 Å². The van der Waals surface area contributed by atoms with Gasteiger partial charge in [0.2, 0.25) is 5.95 Å². The summed E-state index contributed by atoms with van der Waals surface area (Å²) in [6.45, 7) is 6.09. The van der Waals surface area contributed by atoms with E-state index in [1.165, 1.54) is 12.1 Å². The summed E-state index contributed by atoms with van der Waals surface area (Å²) in [5.74, 6) is 0.871. The quantitative estimate of drug-likeness (QED) is 0.617. The first-order valence-corrected chi connectivity index (χ1v) is 9.70. The lowest BCUT2D eigenvalue weighted by atomic mass is 9.87. The maximum atomic E-state index is 13.2. The molecule has 0 aliphatic heterocycles. The van der Waals surface area contributed by atoms with Crippen molar-refractivity contribution < 1.29 is 9.18 Å². The Morgan fingerprint density at radius 3 is 2.34 bits per heavy atom. The highest BCUT2D eigenvalue weighted by atomic mass is 19.1. The van der Waals surface area contributed by atoms with Crippen LogP contribution in [0.4, 0.5) is 27.5 Å². The van der Waals surface area contributed by atoms with E-state index in [4.69, 9.17) is 0 Å². The normalized spacial score (nSPS) is 15.7. The highest BCUT2D eigenvalue weighted by molar-refractivity contribution is 6.03. The van der Waals surface area contributed by atoms with Crippen molar-refractivity contribution in [1.29, 1.82) is 0 Å². The number of benzene rings is 2. The van der Waals surface area contributed by atoms with Gasteiger partial charge in [0.25, 0.3) is 0 Å². The molecule has 1 aliphatic rings. The first-order valence-electron chi connectivity index (χ1n) is 9.70. The highest BCUT2D eigenvalue weighted by Gasteiger charge is 2.28. The number of ketones is 1. The Balaban J connectivity index is 1.78. The Hall–Kier alpha value is -3.28. The molecule has 5 nitrogen and oxygen atoms in total. The molecule has 2 N–H and O–H groups in total. The number of rotatable bonds is 4. The van der Waals surface area contributed by atoms with Gasteiger partial charge < -0.3 is 10.6 Å². The molecule has 0 saturated heterocycles. The summed E-state index contributed by atoms with van der Waals surface area (Å²) in [5, 5.41) is 6.50. The Morgan fingerprint density at radius 1 is 0.966 bits per heavy atom. The third-order valence-corrected chi connectivity index (χ3v) is 5.16. The zero-order chi connectivity index (χ0) is 20.5. The molecule has 0 fully saturated rings. The number of aromatic nitrogens is 2. The average molecular weight is 390 g/mol. The number of Topliss-reactive ketones (excluding diaryl/α,β-unsaturated/α-hetero) is 1. The van der Waals surface area contributed by atoms with Crippen molar-refractivity contribution in [2.75, 3.05) is 10.6 Å². The molecule has 0 bridgehead atoms. The molecule has 1 aliphatic carbocycles. The van der Waals surface area contributed by atoms with Gasteiger partial charge in [-0.05, 0) is 61.6 Å². The standard InChI is InChI=1S/C23H23FN4O/c1-13-11-18-20(19(29)12-13)22(27-21-14(2)5-4-6-15(21)3)28-23(26-18)25-17-9-7-16(24)8-10-17/h4-10,13H,11-12H2,1-3H3,(H2,25,26,27,28). The van der Waals surface area contributed by atoms with Gasteiger partial charge in [0, 0.05) is 17.8 Å². The summed E-state index contributed by atoms with van der Waals surface area (Å²) in [6, 6.07) is 12.0. The number of nitrogens with zero attached hydrogens (tertiary/aromatic N) is 2. The second-order valence-corrected chi connectivity index (χ2v) is 7.68. The molecule has 4 rings (SSSR count). The van der Waals surface area contributed by atoms with Gasteiger partial charge in [-0.2, -0.15) is 4.98 Å². The third-order valence-electron chi connectivity index (χ3n) is 5.16. The number of carbonyl (C=O) groups excluding carboxylic acids is 1. The van der Waals surface area contributed by atoms with Crippen molar-refractivity contribution in [1.82, 2.24) is 9.97 Å². The summed E-state index contributed by atoms with van der Waals surface area (Å²) in [7, 11) is 0. The average Bonchev–Trinajstić information content (AvgIpc) is 2.66. The molecule has 0 radical (unpaired) electrons. The van der Waals surface area contributed by atoms with Crippen LogP contribution < -0.4 is 10.6 Å². The Kier molecular flexibility index (Phi) is 5.01. The molecule has 2 aromatic carbocycles. The maximum Gasteiger partial charge on any atom is 0.229 e. The van der Waals surface area contributed by atoms with Crippen molar-refractivity contribution in [3.05, 3.63) is 70.7 Å². The van der Waals surface area contributed by atoms with E-state index in [1.54, 1.807) is 12.1 Å². The van der Waals surface area contributed by atoms with E-state index in [2.05, 4.69) is 27.5 Å². The molecule has 148 valence electrons. The van der Waals surface area contributed by atoms with Gasteiger partial charge in [-0.3, -0.25) is 4.79 Å². The van der Waals surface area contributed by atoms with E-state index in [0.717, 1.165) is 22.5 Å². The molecule has 3 aromatic rings. The van der Waals surface area contributed by atoms with Gasteiger partial charge in [-0.25, -0.2) is 9.37 Å². The van der Waals surface area contributed by atoms with E-state index >= 15 is 0 Å². The molecule has 6 heteroatoms. The summed E-state index contributed by atoms with van der Waals surface area (Å²) < 4.78 is 13.2. The van der Waals surface area contributed by atoms with Gasteiger partial charge in [0.15, 0.2) is 5.78 Å². The number of para-hydroxylation sites is 1. The molecular formula is C23H23FN4O. The first-order chi connectivity index (χ1) is 13.9. The summed E-state index contributed by atoms with van der Waals surface area (Å²) >= 11 is 0. The van der Waals surface area contributed by atoms with Crippen LogP contribution in [0.1, 0.15) is 40.5 Å².